The first-order chi connectivity index (χ1) is 13.9. The van der Waals surface area contributed by atoms with Crippen LogP contribution in [0.1, 0.15) is 33.3 Å². The molecule has 0 fully saturated rings. The average molecular weight is 389 g/mol. The number of nitrogens with zero attached hydrogens (tertiary/aromatic N) is 2. The van der Waals surface area contributed by atoms with Crippen LogP contribution in [0.4, 0.5) is 10.1 Å². The number of hydrogen-bond acceptors (Lipinski definition) is 5. The molecule has 0 bridgehead atoms. The van der Waals surface area contributed by atoms with Crippen molar-refractivity contribution in [3.8, 4) is 11.3 Å². The van der Waals surface area contributed by atoms with E-state index in [1.165, 1.54) is 19.1 Å². The van der Waals surface area contributed by atoms with E-state index >= 15 is 0 Å². The smallest absolute Gasteiger partial charge is 0.259 e. The molecular formula is C22H16FN3O3. The monoisotopic (exact) mass is 389 g/mol. The number of ketones is 1. The van der Waals surface area contributed by atoms with Crippen molar-refractivity contribution in [2.75, 3.05) is 5.32 Å². The third kappa shape index (κ3) is 3.62. The third-order valence-corrected chi connectivity index (χ3v) is 4.55. The van der Waals surface area contributed by atoms with E-state index in [4.69, 9.17) is 4.52 Å². The number of benzene rings is 2. The molecule has 2 heterocycles. The lowest BCUT2D eigenvalue weighted by molar-refractivity contribution is 0.101. The maximum absolute atomic E-state index is 13.3. The summed E-state index contributed by atoms with van der Waals surface area (Å²) >= 11 is 0. The second-order valence-corrected chi connectivity index (χ2v) is 6.60. The van der Waals surface area contributed by atoms with Crippen molar-refractivity contribution in [2.24, 2.45) is 0 Å². The largest absolute Gasteiger partial charge is 0.335 e. The van der Waals surface area contributed by atoms with E-state index in [0.29, 0.717) is 39.2 Å². The average Bonchev–Trinajstić information content (AvgIpc) is 3.09. The van der Waals surface area contributed by atoms with Crippen molar-refractivity contribution in [2.45, 2.75) is 13.8 Å². The summed E-state index contributed by atoms with van der Waals surface area (Å²) in [6, 6.07) is 14.0. The predicted octanol–water partition coefficient (Wildman–Crippen LogP) is 4.79. The van der Waals surface area contributed by atoms with Gasteiger partial charge >= 0.3 is 0 Å². The van der Waals surface area contributed by atoms with Gasteiger partial charge in [0.2, 0.25) is 0 Å². The second-order valence-electron chi connectivity index (χ2n) is 6.60. The zero-order valence-corrected chi connectivity index (χ0v) is 15.7. The summed E-state index contributed by atoms with van der Waals surface area (Å²) < 4.78 is 18.5. The van der Waals surface area contributed by atoms with E-state index in [9.17, 15) is 14.0 Å². The zero-order valence-electron chi connectivity index (χ0n) is 15.7. The second kappa shape index (κ2) is 7.27. The summed E-state index contributed by atoms with van der Waals surface area (Å²) in [4.78, 5) is 28.8. The van der Waals surface area contributed by atoms with Crippen LogP contribution in [0.5, 0.6) is 0 Å². The number of aromatic nitrogens is 2. The number of fused-ring (bicyclic) bond motifs is 1. The fourth-order valence-electron chi connectivity index (χ4n) is 3.03. The van der Waals surface area contributed by atoms with E-state index in [1.54, 1.807) is 49.4 Å². The van der Waals surface area contributed by atoms with Gasteiger partial charge in [-0.05, 0) is 68.4 Å². The predicted molar refractivity (Wildman–Crippen MR) is 106 cm³/mol. The SMILES string of the molecule is CC(=O)c1ccc(NC(=O)c2cc(-c3ccc(F)cc3)nc3onc(C)c23)cc1. The van der Waals surface area contributed by atoms with Gasteiger partial charge in [-0.3, -0.25) is 9.59 Å². The Morgan fingerprint density at radius 2 is 1.72 bits per heavy atom. The molecule has 0 spiro atoms. The minimum atomic E-state index is -0.373. The topological polar surface area (TPSA) is 85.1 Å². The van der Waals surface area contributed by atoms with Gasteiger partial charge in [-0.1, -0.05) is 5.16 Å². The summed E-state index contributed by atoms with van der Waals surface area (Å²) in [5.74, 6) is -0.789. The van der Waals surface area contributed by atoms with Crippen LogP contribution < -0.4 is 5.32 Å². The fourth-order valence-corrected chi connectivity index (χ4v) is 3.03. The molecule has 29 heavy (non-hydrogen) atoms. The van der Waals surface area contributed by atoms with Crippen LogP contribution in [0.3, 0.4) is 0 Å². The molecule has 0 aliphatic carbocycles. The molecule has 6 nitrogen and oxygen atoms in total. The summed E-state index contributed by atoms with van der Waals surface area (Å²) in [5, 5.41) is 7.23. The first-order valence-electron chi connectivity index (χ1n) is 8.87. The van der Waals surface area contributed by atoms with Crippen molar-refractivity contribution in [1.29, 1.82) is 0 Å². The Morgan fingerprint density at radius 1 is 1.03 bits per heavy atom. The number of hydrogen-bond donors (Lipinski definition) is 1. The minimum absolute atomic E-state index is 0.0530. The minimum Gasteiger partial charge on any atom is -0.335 e. The van der Waals surface area contributed by atoms with Crippen molar-refractivity contribution in [3.63, 3.8) is 0 Å². The molecule has 7 heteroatoms. The standard InChI is InChI=1S/C22H16FN3O3/c1-12-20-18(21(28)24-17-9-5-14(6-10-17)13(2)27)11-19(25-22(20)29-26-12)15-3-7-16(23)8-4-15/h3-11H,1-2H3,(H,24,28). The molecule has 0 aliphatic heterocycles. The first kappa shape index (κ1) is 18.5. The molecule has 0 saturated carbocycles. The van der Waals surface area contributed by atoms with Crippen molar-refractivity contribution < 1.29 is 18.5 Å². The summed E-state index contributed by atoms with van der Waals surface area (Å²) in [7, 11) is 0. The van der Waals surface area contributed by atoms with E-state index in [-0.39, 0.29) is 23.2 Å². The van der Waals surface area contributed by atoms with Gasteiger partial charge in [-0.25, -0.2) is 9.37 Å². The summed E-state index contributed by atoms with van der Waals surface area (Å²) in [5.41, 5.74) is 3.30. The Balaban J connectivity index is 1.74. The molecule has 0 atom stereocenters. The van der Waals surface area contributed by atoms with Gasteiger partial charge in [0.15, 0.2) is 5.78 Å². The number of halogens is 1. The summed E-state index contributed by atoms with van der Waals surface area (Å²) in [6.45, 7) is 3.20. The lowest BCUT2D eigenvalue weighted by atomic mass is 10.0. The molecule has 2 aromatic heterocycles. The van der Waals surface area contributed by atoms with E-state index in [2.05, 4.69) is 15.5 Å². The molecule has 4 rings (SSSR count). The first-order valence-corrected chi connectivity index (χ1v) is 8.87. The number of rotatable bonds is 4. The Labute approximate surface area is 165 Å². The van der Waals surface area contributed by atoms with E-state index in [0.717, 1.165) is 0 Å². The van der Waals surface area contributed by atoms with Gasteiger partial charge in [0.1, 0.15) is 5.82 Å². The van der Waals surface area contributed by atoms with Crippen LogP contribution in [0.2, 0.25) is 0 Å². The van der Waals surface area contributed by atoms with Crippen LogP contribution in [-0.4, -0.2) is 21.8 Å². The van der Waals surface area contributed by atoms with Gasteiger partial charge in [-0.15, -0.1) is 0 Å². The number of nitrogens with one attached hydrogen (secondary N) is 1. The molecule has 1 N–H and O–H groups in total. The molecule has 2 aromatic carbocycles. The van der Waals surface area contributed by atoms with Crippen LogP contribution in [0.25, 0.3) is 22.4 Å². The highest BCUT2D eigenvalue weighted by molar-refractivity contribution is 6.13. The van der Waals surface area contributed by atoms with Crippen LogP contribution >= 0.6 is 0 Å². The quantitative estimate of drug-likeness (QED) is 0.507. The number of anilines is 1. The fraction of sp³-hybridized carbons (Fsp3) is 0.0909. The highest BCUT2D eigenvalue weighted by Gasteiger charge is 2.19. The molecule has 1 amide bonds. The van der Waals surface area contributed by atoms with Gasteiger partial charge in [-0.2, -0.15) is 0 Å². The van der Waals surface area contributed by atoms with E-state index < -0.39 is 0 Å². The van der Waals surface area contributed by atoms with E-state index in [1.807, 2.05) is 0 Å². The number of amides is 1. The highest BCUT2D eigenvalue weighted by atomic mass is 19.1. The number of pyridine rings is 1. The van der Waals surface area contributed by atoms with Gasteiger partial charge in [0.25, 0.3) is 11.6 Å². The van der Waals surface area contributed by atoms with Crippen LogP contribution in [0.15, 0.2) is 59.1 Å². The van der Waals surface area contributed by atoms with Gasteiger partial charge < -0.3 is 9.84 Å². The van der Waals surface area contributed by atoms with Gasteiger partial charge in [0, 0.05) is 16.8 Å². The maximum Gasteiger partial charge on any atom is 0.259 e. The molecule has 0 radical (unpaired) electrons. The van der Waals surface area contributed by atoms with Crippen LogP contribution in [-0.2, 0) is 0 Å². The molecule has 0 aliphatic rings. The Hall–Kier alpha value is -3.87. The number of aryl methyl sites for hydroxylation is 1. The molecule has 4 aromatic rings. The third-order valence-electron chi connectivity index (χ3n) is 4.55. The normalized spacial score (nSPS) is 10.9. The van der Waals surface area contributed by atoms with Gasteiger partial charge in [0.05, 0.1) is 22.3 Å². The van der Waals surface area contributed by atoms with Crippen molar-refractivity contribution in [1.82, 2.24) is 10.1 Å². The Kier molecular flexibility index (Phi) is 4.64. The number of carbonyl (C=O) groups excluding carboxylic acids is 2. The van der Waals surface area contributed by atoms with Crippen molar-refractivity contribution in [3.05, 3.63) is 77.2 Å². The molecule has 144 valence electrons. The number of Topliss-reactive ketones (excluding diaryl/α,β-unsaturated/α-hetero) is 1. The molecule has 0 saturated heterocycles. The zero-order chi connectivity index (χ0) is 20.5. The van der Waals surface area contributed by atoms with Crippen LogP contribution in [0, 0.1) is 12.7 Å². The number of carbonyl (C=O) groups is 2. The highest BCUT2D eigenvalue weighted by Crippen LogP contribution is 2.28. The molecule has 0 unspecified atom stereocenters. The molecular weight excluding hydrogens is 373 g/mol. The summed E-state index contributed by atoms with van der Waals surface area (Å²) in [6.07, 6.45) is 0. The maximum atomic E-state index is 13.3. The lowest BCUT2D eigenvalue weighted by Crippen LogP contribution is -2.13. The Bertz CT molecular complexity index is 1230. The lowest BCUT2D eigenvalue weighted by Gasteiger charge is -2.09. The Morgan fingerprint density at radius 3 is 2.38 bits per heavy atom. The van der Waals surface area contributed by atoms with Crippen molar-refractivity contribution >= 4 is 28.5 Å².